The molecule has 4 nitrogen and oxygen atoms in total. The number of rotatable bonds is 3. The van der Waals surface area contributed by atoms with E-state index < -0.39 is 0 Å². The number of esters is 1. The molecular weight excluding hydrogens is 202 g/mol. The van der Waals surface area contributed by atoms with Crippen LogP contribution in [0.3, 0.4) is 0 Å². The maximum Gasteiger partial charge on any atom is 0.310 e. The van der Waals surface area contributed by atoms with Crippen LogP contribution in [-0.4, -0.2) is 19.0 Å². The number of methoxy groups -OCH3 is 1. The summed E-state index contributed by atoms with van der Waals surface area (Å²) in [6, 6.07) is 1.77. The highest BCUT2D eigenvalue weighted by molar-refractivity contribution is 7.14. The van der Waals surface area contributed by atoms with E-state index >= 15 is 0 Å². The molecule has 1 aromatic heterocycles. The molecule has 0 aliphatic rings. The highest BCUT2D eigenvalue weighted by Gasteiger charge is 2.06. The Morgan fingerprint density at radius 3 is 2.86 bits per heavy atom. The number of ether oxygens (including phenoxy) is 1. The first-order chi connectivity index (χ1) is 6.61. The Morgan fingerprint density at radius 1 is 1.57 bits per heavy atom. The van der Waals surface area contributed by atoms with E-state index in [1.807, 2.05) is 5.38 Å². The molecular formula is C9H11NO3S. The van der Waals surface area contributed by atoms with E-state index in [1.165, 1.54) is 25.4 Å². The molecule has 1 amide bonds. The van der Waals surface area contributed by atoms with E-state index in [-0.39, 0.29) is 18.3 Å². The Morgan fingerprint density at radius 2 is 2.29 bits per heavy atom. The lowest BCUT2D eigenvalue weighted by Crippen LogP contribution is -2.05. The first kappa shape index (κ1) is 10.7. The van der Waals surface area contributed by atoms with Gasteiger partial charge in [0.1, 0.15) is 0 Å². The van der Waals surface area contributed by atoms with Crippen LogP contribution in [0.25, 0.3) is 0 Å². The van der Waals surface area contributed by atoms with Crippen LogP contribution in [0.1, 0.15) is 12.5 Å². The zero-order valence-corrected chi connectivity index (χ0v) is 8.81. The van der Waals surface area contributed by atoms with Crippen LogP contribution in [0.4, 0.5) is 5.00 Å². The molecule has 1 heterocycles. The smallest absolute Gasteiger partial charge is 0.310 e. The van der Waals surface area contributed by atoms with Crippen LogP contribution >= 0.6 is 11.3 Å². The summed E-state index contributed by atoms with van der Waals surface area (Å²) in [4.78, 5) is 21.6. The third-order valence-corrected chi connectivity index (χ3v) is 2.42. The van der Waals surface area contributed by atoms with Gasteiger partial charge in [0.25, 0.3) is 0 Å². The second-order valence-electron chi connectivity index (χ2n) is 2.75. The van der Waals surface area contributed by atoms with E-state index in [0.29, 0.717) is 0 Å². The first-order valence-corrected chi connectivity index (χ1v) is 4.91. The number of anilines is 1. The van der Waals surface area contributed by atoms with E-state index in [0.717, 1.165) is 10.6 Å². The molecule has 0 aromatic carbocycles. The van der Waals surface area contributed by atoms with E-state index in [4.69, 9.17) is 0 Å². The van der Waals surface area contributed by atoms with Crippen molar-refractivity contribution in [2.75, 3.05) is 12.4 Å². The maximum atomic E-state index is 10.9. The lowest BCUT2D eigenvalue weighted by Gasteiger charge is -1.95. The molecule has 0 atom stereocenters. The van der Waals surface area contributed by atoms with Gasteiger partial charge in [-0.15, -0.1) is 11.3 Å². The Kier molecular flexibility index (Phi) is 3.64. The maximum absolute atomic E-state index is 10.9. The van der Waals surface area contributed by atoms with Gasteiger partial charge in [-0.2, -0.15) is 0 Å². The average molecular weight is 213 g/mol. The SMILES string of the molecule is COC(=O)Cc1csc(NC(C)=O)c1. The van der Waals surface area contributed by atoms with Gasteiger partial charge in [0.15, 0.2) is 0 Å². The molecule has 76 valence electrons. The van der Waals surface area contributed by atoms with Crippen molar-refractivity contribution >= 4 is 28.2 Å². The Bertz CT molecular complexity index is 346. The molecule has 0 unspecified atom stereocenters. The summed E-state index contributed by atoms with van der Waals surface area (Å²) >= 11 is 1.39. The first-order valence-electron chi connectivity index (χ1n) is 4.03. The summed E-state index contributed by atoms with van der Waals surface area (Å²) in [5.74, 6) is -0.395. The summed E-state index contributed by atoms with van der Waals surface area (Å²) < 4.78 is 4.52. The molecule has 0 fully saturated rings. The van der Waals surface area contributed by atoms with Gasteiger partial charge in [-0.3, -0.25) is 9.59 Å². The fourth-order valence-corrected chi connectivity index (χ4v) is 1.80. The predicted molar refractivity (Wildman–Crippen MR) is 54.3 cm³/mol. The molecule has 0 aliphatic carbocycles. The van der Waals surface area contributed by atoms with Gasteiger partial charge < -0.3 is 10.1 Å². The number of amides is 1. The standard InChI is InChI=1S/C9H11NO3S/c1-6(11)10-8-3-7(5-14-8)4-9(12)13-2/h3,5H,4H2,1-2H3,(H,10,11). The minimum atomic E-state index is -0.280. The van der Waals surface area contributed by atoms with Crippen LogP contribution in [0.5, 0.6) is 0 Å². The van der Waals surface area contributed by atoms with Crippen LogP contribution in [0, 0.1) is 0 Å². The number of carbonyl (C=O) groups is 2. The number of hydrogen-bond acceptors (Lipinski definition) is 4. The fourth-order valence-electron chi connectivity index (χ4n) is 0.946. The largest absolute Gasteiger partial charge is 0.469 e. The van der Waals surface area contributed by atoms with Crippen LogP contribution in [-0.2, 0) is 20.7 Å². The van der Waals surface area contributed by atoms with Crippen molar-refractivity contribution in [2.24, 2.45) is 0 Å². The second-order valence-corrected chi connectivity index (χ2v) is 3.66. The Balaban J connectivity index is 2.59. The third kappa shape index (κ3) is 3.18. The summed E-state index contributed by atoms with van der Waals surface area (Å²) in [5.41, 5.74) is 0.852. The zero-order chi connectivity index (χ0) is 10.6. The lowest BCUT2D eigenvalue weighted by molar-refractivity contribution is -0.139. The summed E-state index contributed by atoms with van der Waals surface area (Å²) in [6.07, 6.45) is 0.243. The average Bonchev–Trinajstić information content (AvgIpc) is 2.51. The number of carbonyl (C=O) groups excluding carboxylic acids is 2. The molecule has 0 spiro atoms. The number of thiophene rings is 1. The molecule has 1 rings (SSSR count). The molecule has 0 radical (unpaired) electrons. The molecule has 0 bridgehead atoms. The molecule has 1 aromatic rings. The fraction of sp³-hybridized carbons (Fsp3) is 0.333. The van der Waals surface area contributed by atoms with Gasteiger partial charge in [-0.25, -0.2) is 0 Å². The summed E-state index contributed by atoms with van der Waals surface area (Å²) in [6.45, 7) is 1.44. The predicted octanol–water partition coefficient (Wildman–Crippen LogP) is 1.42. The van der Waals surface area contributed by atoms with Crippen molar-refractivity contribution in [2.45, 2.75) is 13.3 Å². The Hall–Kier alpha value is -1.36. The van der Waals surface area contributed by atoms with Crippen molar-refractivity contribution in [1.29, 1.82) is 0 Å². The van der Waals surface area contributed by atoms with Gasteiger partial charge in [-0.05, 0) is 17.0 Å². The highest BCUT2D eigenvalue weighted by Crippen LogP contribution is 2.20. The van der Waals surface area contributed by atoms with Crippen molar-refractivity contribution in [3.8, 4) is 0 Å². The van der Waals surface area contributed by atoms with Gasteiger partial charge in [-0.1, -0.05) is 0 Å². The second kappa shape index (κ2) is 4.76. The van der Waals surface area contributed by atoms with E-state index in [2.05, 4.69) is 10.1 Å². The van der Waals surface area contributed by atoms with E-state index in [1.54, 1.807) is 6.07 Å². The quantitative estimate of drug-likeness (QED) is 0.772. The summed E-state index contributed by atoms with van der Waals surface area (Å²) in [7, 11) is 1.35. The van der Waals surface area contributed by atoms with Crippen LogP contribution in [0.2, 0.25) is 0 Å². The van der Waals surface area contributed by atoms with Gasteiger partial charge in [0.05, 0.1) is 18.5 Å². The van der Waals surface area contributed by atoms with Crippen LogP contribution < -0.4 is 5.32 Å². The van der Waals surface area contributed by atoms with Gasteiger partial charge in [0.2, 0.25) is 5.91 Å². The number of nitrogens with one attached hydrogen (secondary N) is 1. The van der Waals surface area contributed by atoms with Gasteiger partial charge >= 0.3 is 5.97 Å². The minimum Gasteiger partial charge on any atom is -0.469 e. The van der Waals surface area contributed by atoms with Crippen molar-refractivity contribution in [1.82, 2.24) is 0 Å². The number of hydrogen-bond donors (Lipinski definition) is 1. The van der Waals surface area contributed by atoms with Crippen LogP contribution in [0.15, 0.2) is 11.4 Å². The zero-order valence-electron chi connectivity index (χ0n) is 7.99. The van der Waals surface area contributed by atoms with Crippen molar-refractivity contribution < 1.29 is 14.3 Å². The monoisotopic (exact) mass is 213 g/mol. The van der Waals surface area contributed by atoms with Crippen molar-refractivity contribution in [3.05, 3.63) is 17.0 Å². The topological polar surface area (TPSA) is 55.4 Å². The Labute approximate surface area is 85.9 Å². The molecule has 5 heteroatoms. The van der Waals surface area contributed by atoms with Crippen molar-refractivity contribution in [3.63, 3.8) is 0 Å². The lowest BCUT2D eigenvalue weighted by atomic mass is 10.2. The van der Waals surface area contributed by atoms with Gasteiger partial charge in [0, 0.05) is 6.92 Å². The highest BCUT2D eigenvalue weighted by atomic mass is 32.1. The minimum absolute atomic E-state index is 0.114. The van der Waals surface area contributed by atoms with E-state index in [9.17, 15) is 9.59 Å². The molecule has 0 saturated carbocycles. The molecule has 14 heavy (non-hydrogen) atoms. The summed E-state index contributed by atoms with van der Waals surface area (Å²) in [5, 5.41) is 5.21. The molecule has 0 aliphatic heterocycles. The molecule has 0 saturated heterocycles. The third-order valence-electron chi connectivity index (χ3n) is 1.53. The molecule has 1 N–H and O–H groups in total. The normalized spacial score (nSPS) is 9.57.